The lowest BCUT2D eigenvalue weighted by Crippen LogP contribution is -2.11. The first kappa shape index (κ1) is 14.0. The van der Waals surface area contributed by atoms with E-state index in [0.29, 0.717) is 23.0 Å². The minimum Gasteiger partial charge on any atom is -0.339 e. The van der Waals surface area contributed by atoms with E-state index in [1.165, 1.54) is 0 Å². The summed E-state index contributed by atoms with van der Waals surface area (Å²) in [6.07, 6.45) is 0. The molecular formula is C17H15N3O2. The monoisotopic (exact) mass is 293 g/mol. The highest BCUT2D eigenvalue weighted by Gasteiger charge is 2.09. The fraction of sp³-hybridized carbons (Fsp3) is 0.118. The van der Waals surface area contributed by atoms with Gasteiger partial charge in [-0.25, -0.2) is 0 Å². The standard InChI is InChI=1S/C17H15N3O2/c1-11-6-8-13(9-7-11)17(21)19-15-5-3-4-14(10-15)16-18-12(2)22-20-16/h3-10H,1-2H3,(H,19,21). The quantitative estimate of drug-likeness (QED) is 0.801. The van der Waals surface area contributed by atoms with Crippen molar-refractivity contribution in [3.8, 4) is 11.4 Å². The third kappa shape index (κ3) is 3.03. The molecule has 1 amide bonds. The maximum Gasteiger partial charge on any atom is 0.255 e. The van der Waals surface area contributed by atoms with E-state index in [9.17, 15) is 4.79 Å². The lowest BCUT2D eigenvalue weighted by atomic mass is 10.1. The van der Waals surface area contributed by atoms with E-state index in [0.717, 1.165) is 11.1 Å². The van der Waals surface area contributed by atoms with Crippen LogP contribution >= 0.6 is 0 Å². The van der Waals surface area contributed by atoms with Gasteiger partial charge in [-0.1, -0.05) is 35.0 Å². The fourth-order valence-electron chi connectivity index (χ4n) is 2.06. The second-order valence-electron chi connectivity index (χ2n) is 5.04. The van der Waals surface area contributed by atoms with Crippen LogP contribution < -0.4 is 5.32 Å². The minimum atomic E-state index is -0.151. The number of carbonyl (C=O) groups excluding carboxylic acids is 1. The maximum atomic E-state index is 12.2. The minimum absolute atomic E-state index is 0.151. The van der Waals surface area contributed by atoms with Crippen LogP contribution in [0.1, 0.15) is 21.8 Å². The van der Waals surface area contributed by atoms with Gasteiger partial charge in [0.15, 0.2) is 0 Å². The Labute approximate surface area is 128 Å². The van der Waals surface area contributed by atoms with Crippen LogP contribution in [0.25, 0.3) is 11.4 Å². The zero-order chi connectivity index (χ0) is 15.5. The van der Waals surface area contributed by atoms with Crippen molar-refractivity contribution in [1.82, 2.24) is 10.1 Å². The summed E-state index contributed by atoms with van der Waals surface area (Å²) in [7, 11) is 0. The number of anilines is 1. The van der Waals surface area contributed by atoms with Crippen molar-refractivity contribution < 1.29 is 9.32 Å². The smallest absolute Gasteiger partial charge is 0.255 e. The van der Waals surface area contributed by atoms with E-state index >= 15 is 0 Å². The van der Waals surface area contributed by atoms with Crippen LogP contribution in [0.2, 0.25) is 0 Å². The summed E-state index contributed by atoms with van der Waals surface area (Å²) >= 11 is 0. The average Bonchev–Trinajstić information content (AvgIpc) is 2.95. The Hall–Kier alpha value is -2.95. The first-order chi connectivity index (χ1) is 10.6. The lowest BCUT2D eigenvalue weighted by molar-refractivity contribution is 0.102. The van der Waals surface area contributed by atoms with E-state index < -0.39 is 0 Å². The normalized spacial score (nSPS) is 10.5. The Morgan fingerprint density at radius 2 is 1.86 bits per heavy atom. The third-order valence-corrected chi connectivity index (χ3v) is 3.22. The molecule has 5 nitrogen and oxygen atoms in total. The molecule has 0 bridgehead atoms. The molecule has 0 atom stereocenters. The van der Waals surface area contributed by atoms with E-state index in [1.807, 2.05) is 43.3 Å². The summed E-state index contributed by atoms with van der Waals surface area (Å²) < 4.78 is 4.97. The Morgan fingerprint density at radius 3 is 2.55 bits per heavy atom. The molecule has 3 rings (SSSR count). The van der Waals surface area contributed by atoms with E-state index in [-0.39, 0.29) is 5.91 Å². The van der Waals surface area contributed by atoms with Crippen LogP contribution in [0.15, 0.2) is 53.1 Å². The Morgan fingerprint density at radius 1 is 1.09 bits per heavy atom. The molecular weight excluding hydrogens is 278 g/mol. The van der Waals surface area contributed by atoms with E-state index in [1.54, 1.807) is 19.1 Å². The molecule has 5 heteroatoms. The molecule has 0 spiro atoms. The van der Waals surface area contributed by atoms with Crippen LogP contribution in [0.3, 0.4) is 0 Å². The number of nitrogens with zero attached hydrogens (tertiary/aromatic N) is 2. The first-order valence-electron chi connectivity index (χ1n) is 6.90. The van der Waals surface area contributed by atoms with Gasteiger partial charge in [-0.05, 0) is 31.2 Å². The lowest BCUT2D eigenvalue weighted by Gasteiger charge is -2.06. The van der Waals surface area contributed by atoms with Gasteiger partial charge in [-0.3, -0.25) is 4.79 Å². The van der Waals surface area contributed by atoms with Crippen LogP contribution in [-0.4, -0.2) is 16.0 Å². The Balaban J connectivity index is 1.81. The molecule has 22 heavy (non-hydrogen) atoms. The molecule has 110 valence electrons. The molecule has 0 saturated carbocycles. The van der Waals surface area contributed by atoms with Crippen molar-refractivity contribution in [1.29, 1.82) is 0 Å². The first-order valence-corrected chi connectivity index (χ1v) is 6.90. The van der Waals surface area contributed by atoms with Gasteiger partial charge in [-0.15, -0.1) is 0 Å². The highest BCUT2D eigenvalue weighted by Crippen LogP contribution is 2.20. The van der Waals surface area contributed by atoms with Crippen molar-refractivity contribution in [2.75, 3.05) is 5.32 Å². The molecule has 0 radical (unpaired) electrons. The summed E-state index contributed by atoms with van der Waals surface area (Å²) in [5.41, 5.74) is 3.21. The molecule has 1 N–H and O–H groups in total. The summed E-state index contributed by atoms with van der Waals surface area (Å²) in [5.74, 6) is 0.856. The SMILES string of the molecule is Cc1ccc(C(=O)Nc2cccc(-c3noc(C)n3)c2)cc1. The van der Waals surface area contributed by atoms with E-state index in [4.69, 9.17) is 4.52 Å². The number of benzene rings is 2. The topological polar surface area (TPSA) is 68.0 Å². The predicted molar refractivity (Wildman–Crippen MR) is 83.6 cm³/mol. The van der Waals surface area contributed by atoms with Gasteiger partial charge in [-0.2, -0.15) is 4.98 Å². The van der Waals surface area contributed by atoms with Gasteiger partial charge in [0, 0.05) is 23.7 Å². The molecule has 0 fully saturated rings. The number of rotatable bonds is 3. The van der Waals surface area contributed by atoms with Crippen molar-refractivity contribution in [3.63, 3.8) is 0 Å². The van der Waals surface area contributed by atoms with Crippen molar-refractivity contribution >= 4 is 11.6 Å². The summed E-state index contributed by atoms with van der Waals surface area (Å²) in [6, 6.07) is 14.8. The van der Waals surface area contributed by atoms with Crippen LogP contribution in [0, 0.1) is 13.8 Å². The molecule has 0 aliphatic heterocycles. The number of aryl methyl sites for hydroxylation is 2. The number of nitrogens with one attached hydrogen (secondary N) is 1. The van der Waals surface area contributed by atoms with Gasteiger partial charge in [0.05, 0.1) is 0 Å². The molecule has 0 aliphatic rings. The third-order valence-electron chi connectivity index (χ3n) is 3.22. The molecule has 2 aromatic carbocycles. The number of aromatic nitrogens is 2. The summed E-state index contributed by atoms with van der Waals surface area (Å²) in [4.78, 5) is 16.4. The Bertz CT molecular complexity index is 807. The van der Waals surface area contributed by atoms with Gasteiger partial charge >= 0.3 is 0 Å². The zero-order valence-corrected chi connectivity index (χ0v) is 12.3. The van der Waals surface area contributed by atoms with Gasteiger partial charge < -0.3 is 9.84 Å². The highest BCUT2D eigenvalue weighted by molar-refractivity contribution is 6.04. The number of amides is 1. The average molecular weight is 293 g/mol. The molecule has 0 saturated heterocycles. The van der Waals surface area contributed by atoms with Crippen molar-refractivity contribution in [2.24, 2.45) is 0 Å². The van der Waals surface area contributed by atoms with Crippen molar-refractivity contribution in [2.45, 2.75) is 13.8 Å². The van der Waals surface area contributed by atoms with Crippen LogP contribution in [0.4, 0.5) is 5.69 Å². The van der Waals surface area contributed by atoms with Crippen LogP contribution in [0.5, 0.6) is 0 Å². The van der Waals surface area contributed by atoms with E-state index in [2.05, 4.69) is 15.5 Å². The molecule has 1 heterocycles. The molecule has 0 aliphatic carbocycles. The Kier molecular flexibility index (Phi) is 3.70. The second kappa shape index (κ2) is 5.81. The van der Waals surface area contributed by atoms with Gasteiger partial charge in [0.1, 0.15) is 0 Å². The number of hydrogen-bond acceptors (Lipinski definition) is 4. The van der Waals surface area contributed by atoms with Gasteiger partial charge in [0.25, 0.3) is 5.91 Å². The fourth-order valence-corrected chi connectivity index (χ4v) is 2.06. The second-order valence-corrected chi connectivity index (χ2v) is 5.04. The highest BCUT2D eigenvalue weighted by atomic mass is 16.5. The summed E-state index contributed by atoms with van der Waals surface area (Å²) in [5, 5.41) is 6.74. The number of carbonyl (C=O) groups is 1. The van der Waals surface area contributed by atoms with Gasteiger partial charge in [0.2, 0.25) is 11.7 Å². The molecule has 1 aromatic heterocycles. The molecule has 0 unspecified atom stereocenters. The van der Waals surface area contributed by atoms with Crippen molar-refractivity contribution in [3.05, 3.63) is 65.5 Å². The summed E-state index contributed by atoms with van der Waals surface area (Å²) in [6.45, 7) is 3.72. The maximum absolute atomic E-state index is 12.2. The largest absolute Gasteiger partial charge is 0.339 e. The van der Waals surface area contributed by atoms with Crippen LogP contribution in [-0.2, 0) is 0 Å². The predicted octanol–water partition coefficient (Wildman–Crippen LogP) is 3.61. The zero-order valence-electron chi connectivity index (χ0n) is 12.3. The molecule has 3 aromatic rings. The number of hydrogen-bond donors (Lipinski definition) is 1.